The monoisotopic (exact) mass is 270 g/mol. The van der Waals surface area contributed by atoms with Crippen LogP contribution in [0.3, 0.4) is 0 Å². The Morgan fingerprint density at radius 3 is 3.15 bits per heavy atom. The van der Waals surface area contributed by atoms with Gasteiger partial charge in [0.15, 0.2) is 0 Å². The van der Waals surface area contributed by atoms with Gasteiger partial charge in [0.2, 0.25) is 0 Å². The van der Waals surface area contributed by atoms with Crippen molar-refractivity contribution in [3.8, 4) is 0 Å². The summed E-state index contributed by atoms with van der Waals surface area (Å²) in [6.07, 6.45) is 3.69. The molecule has 0 saturated carbocycles. The van der Waals surface area contributed by atoms with E-state index in [0.717, 1.165) is 30.8 Å². The molecule has 0 saturated heterocycles. The Morgan fingerprint density at radius 1 is 1.45 bits per heavy atom. The van der Waals surface area contributed by atoms with Crippen LogP contribution >= 0.6 is 0 Å². The van der Waals surface area contributed by atoms with Gasteiger partial charge in [-0.3, -0.25) is 9.48 Å². The van der Waals surface area contributed by atoms with E-state index in [9.17, 15) is 4.79 Å². The molecule has 2 N–H and O–H groups in total. The average Bonchev–Trinajstić information content (AvgIpc) is 3.06. The molecule has 0 bridgehead atoms. The first-order chi connectivity index (χ1) is 9.72. The molecule has 104 valence electrons. The highest BCUT2D eigenvalue weighted by molar-refractivity contribution is 5.95. The Kier molecular flexibility index (Phi) is 3.41. The molecule has 0 spiro atoms. The van der Waals surface area contributed by atoms with Gasteiger partial charge in [-0.05, 0) is 30.2 Å². The summed E-state index contributed by atoms with van der Waals surface area (Å²) in [5.74, 6) is -0.0302. The molecule has 2 aromatic rings. The number of hydrogen-bond acceptors (Lipinski definition) is 3. The van der Waals surface area contributed by atoms with Crippen molar-refractivity contribution in [3.05, 3.63) is 47.3 Å². The maximum absolute atomic E-state index is 12.1. The first kappa shape index (κ1) is 12.7. The Bertz CT molecular complexity index is 633. The number of aromatic nitrogens is 2. The molecule has 20 heavy (non-hydrogen) atoms. The van der Waals surface area contributed by atoms with Crippen LogP contribution in [0.15, 0.2) is 30.5 Å². The Balaban J connectivity index is 1.56. The minimum Gasteiger partial charge on any atom is -0.384 e. The summed E-state index contributed by atoms with van der Waals surface area (Å²) in [6.45, 7) is 1.56. The topological polar surface area (TPSA) is 59.0 Å². The molecule has 1 amide bonds. The van der Waals surface area contributed by atoms with Crippen LogP contribution in [0.25, 0.3) is 0 Å². The fourth-order valence-electron chi connectivity index (χ4n) is 2.43. The average molecular weight is 270 g/mol. The molecule has 0 aliphatic carbocycles. The molecule has 3 rings (SSSR count). The first-order valence-corrected chi connectivity index (χ1v) is 6.86. The predicted octanol–water partition coefficient (Wildman–Crippen LogP) is 1.36. The lowest BCUT2D eigenvalue weighted by atomic mass is 10.1. The summed E-state index contributed by atoms with van der Waals surface area (Å²) in [4.78, 5) is 12.1. The van der Waals surface area contributed by atoms with Crippen LogP contribution < -0.4 is 10.6 Å². The number of carbonyl (C=O) groups excluding carboxylic acids is 1. The lowest BCUT2D eigenvalue weighted by Crippen LogP contribution is -2.25. The van der Waals surface area contributed by atoms with Crippen molar-refractivity contribution in [3.63, 3.8) is 0 Å². The fraction of sp³-hybridized carbons (Fsp3) is 0.333. The predicted molar refractivity (Wildman–Crippen MR) is 77.9 cm³/mol. The van der Waals surface area contributed by atoms with Crippen LogP contribution in [0, 0.1) is 0 Å². The van der Waals surface area contributed by atoms with Crippen LogP contribution in [-0.4, -0.2) is 28.8 Å². The van der Waals surface area contributed by atoms with Crippen molar-refractivity contribution >= 4 is 11.6 Å². The molecule has 1 aromatic carbocycles. The maximum Gasteiger partial charge on any atom is 0.251 e. The van der Waals surface area contributed by atoms with E-state index in [1.165, 1.54) is 5.56 Å². The Hall–Kier alpha value is -2.30. The van der Waals surface area contributed by atoms with Crippen LogP contribution in [0.1, 0.15) is 21.6 Å². The van der Waals surface area contributed by atoms with Crippen molar-refractivity contribution in [2.24, 2.45) is 7.05 Å². The highest BCUT2D eigenvalue weighted by atomic mass is 16.1. The van der Waals surface area contributed by atoms with Gasteiger partial charge in [-0.1, -0.05) is 6.07 Å². The van der Waals surface area contributed by atoms with E-state index in [0.29, 0.717) is 12.1 Å². The number of nitrogens with zero attached hydrogens (tertiary/aromatic N) is 2. The third kappa shape index (κ3) is 2.66. The molecule has 0 fully saturated rings. The molecule has 0 atom stereocenters. The fourth-order valence-corrected chi connectivity index (χ4v) is 2.43. The molecule has 2 heterocycles. The summed E-state index contributed by atoms with van der Waals surface area (Å²) < 4.78 is 1.77. The van der Waals surface area contributed by atoms with Gasteiger partial charge < -0.3 is 10.6 Å². The minimum absolute atomic E-state index is 0.0302. The standard InChI is InChI=1S/C15H18N4O/c1-19-9-6-13(18-19)5-8-17-15(20)12-3-2-11-4-7-16-14(11)10-12/h2-3,6,9-10,16H,4-5,7-8H2,1H3,(H,17,20). The van der Waals surface area contributed by atoms with Gasteiger partial charge >= 0.3 is 0 Å². The first-order valence-electron chi connectivity index (χ1n) is 6.86. The summed E-state index contributed by atoms with van der Waals surface area (Å²) in [6, 6.07) is 7.81. The zero-order chi connectivity index (χ0) is 13.9. The Labute approximate surface area is 118 Å². The number of rotatable bonds is 4. The second kappa shape index (κ2) is 5.36. The molecule has 1 aliphatic heterocycles. The highest BCUT2D eigenvalue weighted by Crippen LogP contribution is 2.23. The number of anilines is 1. The molecule has 0 unspecified atom stereocenters. The Morgan fingerprint density at radius 2 is 2.35 bits per heavy atom. The van der Waals surface area contributed by atoms with E-state index in [1.807, 2.05) is 37.5 Å². The SMILES string of the molecule is Cn1ccc(CCNC(=O)c2ccc3c(c2)NCC3)n1. The summed E-state index contributed by atoms with van der Waals surface area (Å²) in [5.41, 5.74) is 4.07. The van der Waals surface area contributed by atoms with Crippen LogP contribution in [0.5, 0.6) is 0 Å². The van der Waals surface area contributed by atoms with Crippen molar-refractivity contribution in [2.45, 2.75) is 12.8 Å². The van der Waals surface area contributed by atoms with E-state index in [4.69, 9.17) is 0 Å². The smallest absolute Gasteiger partial charge is 0.251 e. The van der Waals surface area contributed by atoms with E-state index in [2.05, 4.69) is 15.7 Å². The van der Waals surface area contributed by atoms with Crippen molar-refractivity contribution in [2.75, 3.05) is 18.4 Å². The quantitative estimate of drug-likeness (QED) is 0.882. The van der Waals surface area contributed by atoms with Gasteiger partial charge in [0.1, 0.15) is 0 Å². The lowest BCUT2D eigenvalue weighted by molar-refractivity contribution is 0.0954. The van der Waals surface area contributed by atoms with Gasteiger partial charge in [0, 0.05) is 44.0 Å². The van der Waals surface area contributed by atoms with Crippen molar-refractivity contribution in [1.29, 1.82) is 0 Å². The van der Waals surface area contributed by atoms with Crippen LogP contribution in [-0.2, 0) is 19.9 Å². The number of amides is 1. The minimum atomic E-state index is -0.0302. The van der Waals surface area contributed by atoms with E-state index < -0.39 is 0 Å². The van der Waals surface area contributed by atoms with Crippen molar-refractivity contribution < 1.29 is 4.79 Å². The maximum atomic E-state index is 12.1. The van der Waals surface area contributed by atoms with E-state index in [-0.39, 0.29) is 5.91 Å². The zero-order valence-electron chi connectivity index (χ0n) is 11.5. The normalized spacial score (nSPS) is 12.8. The van der Waals surface area contributed by atoms with Gasteiger partial charge in [0.05, 0.1) is 5.69 Å². The van der Waals surface area contributed by atoms with Crippen LogP contribution in [0.2, 0.25) is 0 Å². The zero-order valence-corrected chi connectivity index (χ0v) is 11.5. The lowest BCUT2D eigenvalue weighted by Gasteiger charge is -2.06. The molecular formula is C15H18N4O. The number of carbonyl (C=O) groups is 1. The molecule has 5 nitrogen and oxygen atoms in total. The molecular weight excluding hydrogens is 252 g/mol. The number of aryl methyl sites for hydroxylation is 1. The number of benzene rings is 1. The summed E-state index contributed by atoms with van der Waals surface area (Å²) >= 11 is 0. The molecule has 1 aliphatic rings. The molecule has 0 radical (unpaired) electrons. The van der Waals surface area contributed by atoms with Gasteiger partial charge in [-0.15, -0.1) is 0 Å². The largest absolute Gasteiger partial charge is 0.384 e. The summed E-state index contributed by atoms with van der Waals surface area (Å²) in [7, 11) is 1.89. The molecule has 1 aromatic heterocycles. The third-order valence-electron chi connectivity index (χ3n) is 3.52. The van der Waals surface area contributed by atoms with Gasteiger partial charge in [-0.2, -0.15) is 5.10 Å². The van der Waals surface area contributed by atoms with Crippen molar-refractivity contribution in [1.82, 2.24) is 15.1 Å². The van der Waals surface area contributed by atoms with Gasteiger partial charge in [0.25, 0.3) is 5.91 Å². The molecule has 5 heteroatoms. The van der Waals surface area contributed by atoms with E-state index in [1.54, 1.807) is 4.68 Å². The highest BCUT2D eigenvalue weighted by Gasteiger charge is 2.13. The third-order valence-corrected chi connectivity index (χ3v) is 3.52. The van der Waals surface area contributed by atoms with Gasteiger partial charge in [-0.25, -0.2) is 0 Å². The second-order valence-electron chi connectivity index (χ2n) is 5.04. The number of fused-ring (bicyclic) bond motifs is 1. The van der Waals surface area contributed by atoms with Crippen LogP contribution in [0.4, 0.5) is 5.69 Å². The summed E-state index contributed by atoms with van der Waals surface area (Å²) in [5, 5.41) is 10.5. The van der Waals surface area contributed by atoms with E-state index >= 15 is 0 Å². The number of hydrogen-bond donors (Lipinski definition) is 2. The number of nitrogens with one attached hydrogen (secondary N) is 2. The second-order valence-corrected chi connectivity index (χ2v) is 5.04.